The first-order chi connectivity index (χ1) is 12.2. The van der Waals surface area contributed by atoms with E-state index in [1.54, 1.807) is 24.3 Å². The molecule has 0 heterocycles. The molecule has 4 nitrogen and oxygen atoms in total. The zero-order valence-corrected chi connectivity index (χ0v) is 16.3. The number of nitrogens with one attached hydrogen (secondary N) is 1. The highest BCUT2D eigenvalue weighted by Crippen LogP contribution is 2.33. The second-order valence-electron chi connectivity index (χ2n) is 6.79. The first-order valence-corrected chi connectivity index (χ1v) is 9.00. The minimum Gasteiger partial charge on any atom is -0.505 e. The van der Waals surface area contributed by atoms with E-state index in [0.29, 0.717) is 17.1 Å². The minimum atomic E-state index is -0.630. The maximum absolute atomic E-state index is 12.5. The summed E-state index contributed by atoms with van der Waals surface area (Å²) in [5.41, 5.74) is 2.35. The number of carbonyl (C=O) groups is 2. The average molecular weight is 374 g/mol. The minimum absolute atomic E-state index is 0.164. The van der Waals surface area contributed by atoms with E-state index < -0.39 is 11.6 Å². The van der Waals surface area contributed by atoms with Gasteiger partial charge >= 0.3 is 0 Å². The smallest absolute Gasteiger partial charge is 0.233 e. The summed E-state index contributed by atoms with van der Waals surface area (Å²) in [7, 11) is 0. The van der Waals surface area contributed by atoms with Gasteiger partial charge in [-0.1, -0.05) is 42.3 Å². The Labute approximate surface area is 159 Å². The van der Waals surface area contributed by atoms with Crippen LogP contribution in [0.25, 0.3) is 0 Å². The zero-order valence-electron chi connectivity index (χ0n) is 15.5. The molecule has 0 spiro atoms. The highest BCUT2D eigenvalue weighted by Gasteiger charge is 2.35. The summed E-state index contributed by atoms with van der Waals surface area (Å²) in [6.07, 6.45) is 3.52. The number of anilines is 1. The number of carbonyl (C=O) groups excluding carboxylic acids is 2. The molecule has 1 aliphatic rings. The molecule has 26 heavy (non-hydrogen) atoms. The largest absolute Gasteiger partial charge is 0.505 e. The predicted molar refractivity (Wildman–Crippen MR) is 105 cm³/mol. The molecular weight excluding hydrogens is 350 g/mol. The summed E-state index contributed by atoms with van der Waals surface area (Å²) in [6.45, 7) is 7.40. The van der Waals surface area contributed by atoms with E-state index in [2.05, 4.69) is 11.4 Å². The summed E-state index contributed by atoms with van der Waals surface area (Å²) < 4.78 is 0. The van der Waals surface area contributed by atoms with Crippen molar-refractivity contribution in [3.05, 3.63) is 63.5 Å². The normalized spacial score (nSPS) is 16.0. The van der Waals surface area contributed by atoms with Gasteiger partial charge in [-0.25, -0.2) is 0 Å². The molecule has 0 aromatic heterocycles. The summed E-state index contributed by atoms with van der Waals surface area (Å²) in [5.74, 6) is -1.63. The fourth-order valence-corrected chi connectivity index (χ4v) is 3.08. The van der Waals surface area contributed by atoms with Gasteiger partial charge < -0.3 is 10.4 Å². The van der Waals surface area contributed by atoms with Gasteiger partial charge in [0.1, 0.15) is 5.76 Å². The van der Waals surface area contributed by atoms with Crippen LogP contribution in [0, 0.1) is 5.92 Å². The van der Waals surface area contributed by atoms with Crippen LogP contribution >= 0.6 is 11.6 Å². The number of ketones is 2. The van der Waals surface area contributed by atoms with E-state index in [-0.39, 0.29) is 28.5 Å². The Bertz CT molecular complexity index is 829. The summed E-state index contributed by atoms with van der Waals surface area (Å²) in [5, 5.41) is 14.2. The number of halogens is 1. The Morgan fingerprint density at radius 3 is 2.50 bits per heavy atom. The standard InChI is InChI=1S/C21H24ClNO3/c1-12(2)8-7-9-13(3)17-20(25)18(14(4)19(24)21(17)26)23-16-11-6-5-10-15(16)22/h5-6,8,10-11,13,23,25H,7,9H2,1-4H3. The molecule has 1 aromatic rings. The molecule has 0 bridgehead atoms. The van der Waals surface area contributed by atoms with Crippen molar-refractivity contribution in [1.82, 2.24) is 0 Å². The molecule has 1 aliphatic carbocycles. The maximum Gasteiger partial charge on any atom is 0.233 e. The van der Waals surface area contributed by atoms with Crippen LogP contribution in [0.2, 0.25) is 5.02 Å². The van der Waals surface area contributed by atoms with Gasteiger partial charge in [-0.3, -0.25) is 9.59 Å². The number of Topliss-reactive ketones (excluding diaryl/α,β-unsaturated/α-hetero) is 2. The Morgan fingerprint density at radius 1 is 1.23 bits per heavy atom. The number of hydrogen-bond acceptors (Lipinski definition) is 4. The summed E-state index contributed by atoms with van der Waals surface area (Å²) in [6, 6.07) is 7.04. The van der Waals surface area contributed by atoms with Crippen molar-refractivity contribution in [1.29, 1.82) is 0 Å². The van der Waals surface area contributed by atoms with Gasteiger partial charge in [0.05, 0.1) is 22.0 Å². The molecule has 1 unspecified atom stereocenters. The van der Waals surface area contributed by atoms with Crippen molar-refractivity contribution in [3.8, 4) is 0 Å². The number of allylic oxidation sites excluding steroid dienone is 4. The molecule has 0 saturated heterocycles. The number of hydrogen-bond donors (Lipinski definition) is 2. The van der Waals surface area contributed by atoms with Crippen LogP contribution in [0.15, 0.2) is 58.5 Å². The first-order valence-electron chi connectivity index (χ1n) is 8.62. The molecular formula is C21H24ClNO3. The van der Waals surface area contributed by atoms with Gasteiger partial charge in [0.2, 0.25) is 11.6 Å². The van der Waals surface area contributed by atoms with Crippen LogP contribution in [0.5, 0.6) is 0 Å². The third-order valence-electron chi connectivity index (χ3n) is 4.44. The molecule has 0 fully saturated rings. The number of aliphatic hydroxyl groups is 1. The Balaban J connectivity index is 2.39. The molecule has 2 N–H and O–H groups in total. The Kier molecular flexibility index (Phi) is 6.43. The van der Waals surface area contributed by atoms with Gasteiger partial charge in [0, 0.05) is 5.57 Å². The number of aliphatic hydroxyl groups excluding tert-OH is 1. The van der Waals surface area contributed by atoms with E-state index in [1.165, 1.54) is 12.5 Å². The van der Waals surface area contributed by atoms with Crippen molar-refractivity contribution in [3.63, 3.8) is 0 Å². The third kappa shape index (κ3) is 4.25. The van der Waals surface area contributed by atoms with Crippen LogP contribution in [-0.4, -0.2) is 16.7 Å². The zero-order chi connectivity index (χ0) is 19.4. The second kappa shape index (κ2) is 8.37. The lowest BCUT2D eigenvalue weighted by atomic mass is 9.83. The topological polar surface area (TPSA) is 66.4 Å². The lowest BCUT2D eigenvalue weighted by molar-refractivity contribution is -0.132. The lowest BCUT2D eigenvalue weighted by Gasteiger charge is -2.24. The van der Waals surface area contributed by atoms with E-state index in [9.17, 15) is 14.7 Å². The SMILES string of the molecule is CC(C)=CCCC(C)C1=C(O)C(Nc2ccccc2Cl)=C(C)C(=O)C1=O. The molecule has 2 rings (SSSR count). The maximum atomic E-state index is 12.5. The van der Waals surface area contributed by atoms with Crippen molar-refractivity contribution in [2.75, 3.05) is 5.32 Å². The van der Waals surface area contributed by atoms with Crippen LogP contribution < -0.4 is 5.32 Å². The van der Waals surface area contributed by atoms with Gasteiger partial charge in [0.15, 0.2) is 0 Å². The lowest BCUT2D eigenvalue weighted by Crippen LogP contribution is -2.30. The quantitative estimate of drug-likeness (QED) is 0.399. The van der Waals surface area contributed by atoms with Crippen LogP contribution in [0.4, 0.5) is 5.69 Å². The van der Waals surface area contributed by atoms with Crippen LogP contribution in [0.1, 0.15) is 40.5 Å². The molecule has 5 heteroatoms. The van der Waals surface area contributed by atoms with Crippen LogP contribution in [0.3, 0.4) is 0 Å². The fourth-order valence-electron chi connectivity index (χ4n) is 2.90. The molecule has 0 radical (unpaired) electrons. The van der Waals surface area contributed by atoms with Gasteiger partial charge in [0.25, 0.3) is 0 Å². The molecule has 138 valence electrons. The third-order valence-corrected chi connectivity index (χ3v) is 4.77. The van der Waals surface area contributed by atoms with Gasteiger partial charge in [-0.15, -0.1) is 0 Å². The van der Waals surface area contributed by atoms with Crippen molar-refractivity contribution < 1.29 is 14.7 Å². The summed E-state index contributed by atoms with van der Waals surface area (Å²) in [4.78, 5) is 24.9. The fraction of sp³-hybridized carbons (Fsp3) is 0.333. The number of para-hydroxylation sites is 1. The van der Waals surface area contributed by atoms with Gasteiger partial charge in [-0.2, -0.15) is 0 Å². The second-order valence-corrected chi connectivity index (χ2v) is 7.19. The van der Waals surface area contributed by atoms with Crippen molar-refractivity contribution in [2.24, 2.45) is 5.92 Å². The first kappa shape index (κ1) is 20.0. The van der Waals surface area contributed by atoms with E-state index in [1.807, 2.05) is 20.8 Å². The van der Waals surface area contributed by atoms with E-state index in [0.717, 1.165) is 6.42 Å². The number of benzene rings is 1. The molecule has 0 amide bonds. The number of rotatable bonds is 6. The van der Waals surface area contributed by atoms with E-state index in [4.69, 9.17) is 11.6 Å². The predicted octanol–water partition coefficient (Wildman–Crippen LogP) is 5.37. The molecule has 1 aromatic carbocycles. The molecule has 1 atom stereocenters. The van der Waals surface area contributed by atoms with Crippen LogP contribution in [-0.2, 0) is 9.59 Å². The summed E-state index contributed by atoms with van der Waals surface area (Å²) >= 11 is 6.16. The van der Waals surface area contributed by atoms with Gasteiger partial charge in [-0.05, 0) is 51.7 Å². The Hall–Kier alpha value is -2.33. The molecule has 0 aliphatic heterocycles. The highest BCUT2D eigenvalue weighted by atomic mass is 35.5. The highest BCUT2D eigenvalue weighted by molar-refractivity contribution is 6.50. The van der Waals surface area contributed by atoms with E-state index >= 15 is 0 Å². The monoisotopic (exact) mass is 373 g/mol. The average Bonchev–Trinajstić information content (AvgIpc) is 2.58. The van der Waals surface area contributed by atoms with Crippen molar-refractivity contribution >= 4 is 28.9 Å². The van der Waals surface area contributed by atoms with Crippen molar-refractivity contribution in [2.45, 2.75) is 40.5 Å². The molecule has 0 saturated carbocycles. The Morgan fingerprint density at radius 2 is 1.88 bits per heavy atom.